The molecule has 1 amide bonds. The van der Waals surface area contributed by atoms with Crippen LogP contribution in [0.4, 0.5) is 5.69 Å². The summed E-state index contributed by atoms with van der Waals surface area (Å²) in [4.78, 5) is 23.2. The van der Waals surface area contributed by atoms with E-state index in [0.717, 1.165) is 0 Å². The van der Waals surface area contributed by atoms with Crippen molar-refractivity contribution < 1.29 is 19.4 Å². The summed E-state index contributed by atoms with van der Waals surface area (Å²) in [7, 11) is 0. The van der Waals surface area contributed by atoms with Gasteiger partial charge in [-0.15, -0.1) is 0 Å². The number of amides is 1. The van der Waals surface area contributed by atoms with Crippen molar-refractivity contribution in [1.82, 2.24) is 5.32 Å². The first kappa shape index (κ1) is 19.4. The minimum atomic E-state index is -1.06. The lowest BCUT2D eigenvalue weighted by atomic mass is 10.2. The molecule has 7 heteroatoms. The van der Waals surface area contributed by atoms with E-state index in [9.17, 15) is 14.7 Å². The monoisotopic (exact) mass is 342 g/mol. The molecule has 1 unspecified atom stereocenters. The number of benzene rings is 1. The molecule has 0 saturated carbocycles. The summed E-state index contributed by atoms with van der Waals surface area (Å²) < 4.78 is 5.38. The van der Waals surface area contributed by atoms with E-state index < -0.39 is 12.0 Å². The van der Waals surface area contributed by atoms with Crippen LogP contribution in [-0.2, 0) is 14.3 Å². The Morgan fingerprint density at radius 1 is 1.35 bits per heavy atom. The molecule has 1 rings (SSSR count). The van der Waals surface area contributed by atoms with Gasteiger partial charge in [0.05, 0.1) is 12.5 Å². The number of carboxylic acids is 1. The molecule has 0 spiro atoms. The summed E-state index contributed by atoms with van der Waals surface area (Å²) in [6, 6.07) is 5.76. The van der Waals surface area contributed by atoms with Gasteiger partial charge in [0.1, 0.15) is 6.04 Å². The van der Waals surface area contributed by atoms with E-state index in [1.54, 1.807) is 24.3 Å². The molecule has 0 aliphatic heterocycles. The van der Waals surface area contributed by atoms with Crippen LogP contribution < -0.4 is 10.6 Å². The van der Waals surface area contributed by atoms with Gasteiger partial charge in [0, 0.05) is 17.3 Å². The maximum absolute atomic E-state index is 11.9. The molecule has 0 radical (unpaired) electrons. The van der Waals surface area contributed by atoms with Gasteiger partial charge in [-0.2, -0.15) is 0 Å². The van der Waals surface area contributed by atoms with Crippen molar-refractivity contribution in [3.8, 4) is 0 Å². The van der Waals surface area contributed by atoms with Gasteiger partial charge in [-0.05, 0) is 45.0 Å². The van der Waals surface area contributed by atoms with Crippen LogP contribution in [0.3, 0.4) is 0 Å². The van der Waals surface area contributed by atoms with Gasteiger partial charge in [0.15, 0.2) is 0 Å². The molecule has 0 aliphatic rings. The summed E-state index contributed by atoms with van der Waals surface area (Å²) in [5.41, 5.74) is 0.539. The Kier molecular flexibility index (Phi) is 8.61. The van der Waals surface area contributed by atoms with E-state index in [-0.39, 0.29) is 18.4 Å². The molecular formula is C16H23ClN2O4. The number of anilines is 1. The van der Waals surface area contributed by atoms with Gasteiger partial charge in [-0.1, -0.05) is 17.7 Å². The Bertz CT molecular complexity index is 523. The van der Waals surface area contributed by atoms with E-state index >= 15 is 0 Å². The Morgan fingerprint density at radius 2 is 2.09 bits per heavy atom. The first-order valence-electron chi connectivity index (χ1n) is 7.51. The topological polar surface area (TPSA) is 87.7 Å². The minimum Gasteiger partial charge on any atom is -0.480 e. The lowest BCUT2D eigenvalue weighted by Crippen LogP contribution is -2.40. The van der Waals surface area contributed by atoms with Gasteiger partial charge < -0.3 is 20.5 Å². The number of carbonyl (C=O) groups excluding carboxylic acids is 1. The van der Waals surface area contributed by atoms with E-state index in [1.807, 2.05) is 13.8 Å². The van der Waals surface area contributed by atoms with Crippen LogP contribution >= 0.6 is 11.6 Å². The maximum Gasteiger partial charge on any atom is 0.321 e. The molecule has 0 aromatic heterocycles. The zero-order chi connectivity index (χ0) is 17.2. The van der Waals surface area contributed by atoms with Crippen molar-refractivity contribution in [3.05, 3.63) is 29.3 Å². The van der Waals surface area contributed by atoms with Gasteiger partial charge in [0.25, 0.3) is 0 Å². The van der Waals surface area contributed by atoms with Crippen LogP contribution in [0, 0.1) is 0 Å². The summed E-state index contributed by atoms with van der Waals surface area (Å²) in [5, 5.41) is 15.2. The van der Waals surface area contributed by atoms with Crippen molar-refractivity contribution in [1.29, 1.82) is 0 Å². The molecule has 0 bridgehead atoms. The number of hydrogen-bond donors (Lipinski definition) is 3. The van der Waals surface area contributed by atoms with Gasteiger partial charge in [-0.25, -0.2) is 0 Å². The van der Waals surface area contributed by atoms with E-state index in [1.165, 1.54) is 0 Å². The highest BCUT2D eigenvalue weighted by Crippen LogP contribution is 2.15. The fraction of sp³-hybridized carbons (Fsp3) is 0.500. The molecule has 1 aromatic rings. The molecule has 0 saturated heterocycles. The van der Waals surface area contributed by atoms with Crippen LogP contribution in [0.25, 0.3) is 0 Å². The van der Waals surface area contributed by atoms with Crippen LogP contribution in [0.15, 0.2) is 24.3 Å². The second-order valence-electron chi connectivity index (χ2n) is 5.38. The number of halogens is 1. The summed E-state index contributed by atoms with van der Waals surface area (Å²) in [6.07, 6.45) is 0.666. The molecule has 128 valence electrons. The van der Waals surface area contributed by atoms with Crippen molar-refractivity contribution >= 4 is 29.2 Å². The zero-order valence-electron chi connectivity index (χ0n) is 13.3. The predicted octanol–water partition coefficient (Wildman–Crippen LogP) is 2.53. The quantitative estimate of drug-likeness (QED) is 0.569. The molecule has 0 fully saturated rings. The van der Waals surface area contributed by atoms with Crippen molar-refractivity contribution in [2.24, 2.45) is 0 Å². The third-order valence-electron chi connectivity index (χ3n) is 2.96. The van der Waals surface area contributed by atoms with Crippen molar-refractivity contribution in [3.63, 3.8) is 0 Å². The molecule has 3 N–H and O–H groups in total. The van der Waals surface area contributed by atoms with Gasteiger partial charge >= 0.3 is 5.97 Å². The molecule has 6 nitrogen and oxygen atoms in total. The number of carboxylic acid groups (broad SMARTS) is 1. The highest BCUT2D eigenvalue weighted by molar-refractivity contribution is 6.30. The lowest BCUT2D eigenvalue weighted by Gasteiger charge is -2.15. The lowest BCUT2D eigenvalue weighted by molar-refractivity contribution is -0.141. The summed E-state index contributed by atoms with van der Waals surface area (Å²) >= 11 is 5.84. The SMILES string of the molecule is CC(C)OCCCNC(CC(=O)Nc1cccc(Cl)c1)C(=O)O. The molecule has 1 aromatic carbocycles. The highest BCUT2D eigenvalue weighted by atomic mass is 35.5. The van der Waals surface area contributed by atoms with Gasteiger partial charge in [0.2, 0.25) is 5.91 Å². The van der Waals surface area contributed by atoms with Crippen molar-refractivity contribution in [2.45, 2.75) is 38.8 Å². The van der Waals surface area contributed by atoms with Crippen LogP contribution in [-0.4, -0.2) is 42.3 Å². The van der Waals surface area contributed by atoms with E-state index in [2.05, 4.69) is 10.6 Å². The van der Waals surface area contributed by atoms with Crippen LogP contribution in [0.5, 0.6) is 0 Å². The molecule has 1 atom stereocenters. The minimum absolute atomic E-state index is 0.147. The number of rotatable bonds is 10. The second-order valence-corrected chi connectivity index (χ2v) is 5.82. The number of hydrogen-bond acceptors (Lipinski definition) is 4. The van der Waals surface area contributed by atoms with Crippen LogP contribution in [0.1, 0.15) is 26.7 Å². The Balaban J connectivity index is 2.39. The largest absolute Gasteiger partial charge is 0.480 e. The standard InChI is InChI=1S/C16H23ClN2O4/c1-11(2)23-8-4-7-18-14(16(21)22)10-15(20)19-13-6-3-5-12(17)9-13/h3,5-6,9,11,14,18H,4,7-8,10H2,1-2H3,(H,19,20)(H,21,22). The van der Waals surface area contributed by atoms with Gasteiger partial charge in [-0.3, -0.25) is 9.59 Å². The summed E-state index contributed by atoms with van der Waals surface area (Å²) in [5.74, 6) is -1.44. The number of carbonyl (C=O) groups is 2. The smallest absolute Gasteiger partial charge is 0.321 e. The molecule has 0 aliphatic carbocycles. The first-order valence-corrected chi connectivity index (χ1v) is 7.89. The Hall–Kier alpha value is -1.63. The highest BCUT2D eigenvalue weighted by Gasteiger charge is 2.20. The summed E-state index contributed by atoms with van der Waals surface area (Å²) in [6.45, 7) is 4.89. The molecule has 23 heavy (non-hydrogen) atoms. The van der Waals surface area contributed by atoms with Crippen molar-refractivity contribution in [2.75, 3.05) is 18.5 Å². The fourth-order valence-electron chi connectivity index (χ4n) is 1.88. The average Bonchev–Trinajstić information content (AvgIpc) is 2.45. The molecule has 0 heterocycles. The zero-order valence-corrected chi connectivity index (χ0v) is 14.1. The third kappa shape index (κ3) is 8.54. The first-order chi connectivity index (χ1) is 10.9. The van der Waals surface area contributed by atoms with Crippen LogP contribution in [0.2, 0.25) is 5.02 Å². The molecular weight excluding hydrogens is 320 g/mol. The number of nitrogens with one attached hydrogen (secondary N) is 2. The fourth-order valence-corrected chi connectivity index (χ4v) is 2.07. The second kappa shape index (κ2) is 10.2. The average molecular weight is 343 g/mol. The number of aliphatic carboxylic acids is 1. The Morgan fingerprint density at radius 3 is 2.70 bits per heavy atom. The van der Waals surface area contributed by atoms with E-state index in [4.69, 9.17) is 16.3 Å². The normalized spacial score (nSPS) is 12.2. The predicted molar refractivity (Wildman–Crippen MR) is 89.8 cm³/mol. The number of ether oxygens (including phenoxy) is 1. The Labute approximate surface area is 141 Å². The maximum atomic E-state index is 11.9. The van der Waals surface area contributed by atoms with E-state index in [0.29, 0.717) is 30.3 Å². The third-order valence-corrected chi connectivity index (χ3v) is 3.19.